The van der Waals surface area contributed by atoms with Gasteiger partial charge in [-0.05, 0) is 53.9 Å². The van der Waals surface area contributed by atoms with Gasteiger partial charge in [-0.15, -0.1) is 0 Å². The zero-order valence-electron chi connectivity index (χ0n) is 23.1. The van der Waals surface area contributed by atoms with Crippen molar-refractivity contribution in [3.05, 3.63) is 71.4 Å². The standard InChI is InChI=1S/C32H43N3O2/c1-5-19-35(31(37)25-10-6-7-11-25)23-30(36)34(22-24-14-16-27(17-15-24)32(2,3)4)20-18-26-21-33-29-13-9-8-12-28(26)29/h8-9,12-17,21,25,33H,5-7,10-11,18-20,22-23H2,1-4H3. The van der Waals surface area contributed by atoms with Crippen molar-refractivity contribution in [3.8, 4) is 0 Å². The molecule has 0 atom stereocenters. The lowest BCUT2D eigenvalue weighted by molar-refractivity contribution is -0.143. The van der Waals surface area contributed by atoms with Crippen LogP contribution in [0.25, 0.3) is 10.9 Å². The number of carbonyl (C=O) groups is 2. The third-order valence-electron chi connectivity index (χ3n) is 7.71. The quantitative estimate of drug-likeness (QED) is 0.346. The number of benzene rings is 2. The minimum atomic E-state index is 0.0273. The smallest absolute Gasteiger partial charge is 0.242 e. The first-order chi connectivity index (χ1) is 17.8. The van der Waals surface area contributed by atoms with Crippen LogP contribution in [0.5, 0.6) is 0 Å². The molecule has 0 saturated heterocycles. The highest BCUT2D eigenvalue weighted by molar-refractivity contribution is 5.86. The van der Waals surface area contributed by atoms with Crippen LogP contribution in [0, 0.1) is 5.92 Å². The van der Waals surface area contributed by atoms with E-state index in [9.17, 15) is 9.59 Å². The van der Waals surface area contributed by atoms with Gasteiger partial charge in [0.25, 0.3) is 0 Å². The number of carbonyl (C=O) groups excluding carboxylic acids is 2. The van der Waals surface area contributed by atoms with Gasteiger partial charge >= 0.3 is 0 Å². The third-order valence-corrected chi connectivity index (χ3v) is 7.71. The van der Waals surface area contributed by atoms with Crippen molar-refractivity contribution in [1.82, 2.24) is 14.8 Å². The normalized spacial score (nSPS) is 14.3. The van der Waals surface area contributed by atoms with Gasteiger partial charge in [0.2, 0.25) is 11.8 Å². The van der Waals surface area contributed by atoms with E-state index in [1.807, 2.05) is 15.9 Å². The van der Waals surface area contributed by atoms with Gasteiger partial charge in [-0.3, -0.25) is 9.59 Å². The van der Waals surface area contributed by atoms with Gasteiger partial charge in [-0.1, -0.05) is 83.0 Å². The van der Waals surface area contributed by atoms with Crippen molar-refractivity contribution >= 4 is 22.7 Å². The molecule has 5 nitrogen and oxygen atoms in total. The number of hydrogen-bond donors (Lipinski definition) is 1. The summed E-state index contributed by atoms with van der Waals surface area (Å²) in [4.78, 5) is 34.1. The number of aromatic nitrogens is 1. The molecule has 37 heavy (non-hydrogen) atoms. The Labute approximate surface area is 222 Å². The second kappa shape index (κ2) is 12.0. The van der Waals surface area contributed by atoms with Crippen LogP contribution in [-0.2, 0) is 28.0 Å². The van der Waals surface area contributed by atoms with E-state index in [1.54, 1.807) is 0 Å². The van der Waals surface area contributed by atoms with Crippen molar-refractivity contribution in [3.63, 3.8) is 0 Å². The van der Waals surface area contributed by atoms with Gasteiger partial charge in [-0.2, -0.15) is 0 Å². The molecule has 1 aliphatic rings. The van der Waals surface area contributed by atoms with E-state index in [0.717, 1.165) is 49.6 Å². The average Bonchev–Trinajstić information content (AvgIpc) is 3.56. The van der Waals surface area contributed by atoms with E-state index < -0.39 is 0 Å². The molecule has 1 N–H and O–H groups in total. The lowest BCUT2D eigenvalue weighted by Crippen LogP contribution is -2.45. The molecule has 0 radical (unpaired) electrons. The van der Waals surface area contributed by atoms with Crippen molar-refractivity contribution < 1.29 is 9.59 Å². The fourth-order valence-corrected chi connectivity index (χ4v) is 5.45. The number of rotatable bonds is 10. The molecular weight excluding hydrogens is 458 g/mol. The summed E-state index contributed by atoms with van der Waals surface area (Å²) in [5.41, 5.74) is 4.81. The summed E-state index contributed by atoms with van der Waals surface area (Å²) >= 11 is 0. The van der Waals surface area contributed by atoms with Crippen LogP contribution in [-0.4, -0.2) is 46.2 Å². The van der Waals surface area contributed by atoms with Crippen molar-refractivity contribution in [1.29, 1.82) is 0 Å². The van der Waals surface area contributed by atoms with Gasteiger partial charge < -0.3 is 14.8 Å². The van der Waals surface area contributed by atoms with Crippen LogP contribution in [0.4, 0.5) is 0 Å². The molecule has 0 aliphatic heterocycles. The van der Waals surface area contributed by atoms with Gasteiger partial charge in [0.05, 0.1) is 6.54 Å². The summed E-state index contributed by atoms with van der Waals surface area (Å²) in [6.45, 7) is 10.7. The number of hydrogen-bond acceptors (Lipinski definition) is 2. The number of fused-ring (bicyclic) bond motifs is 1. The number of nitrogens with zero attached hydrogens (tertiary/aromatic N) is 2. The highest BCUT2D eigenvalue weighted by atomic mass is 16.2. The average molecular weight is 502 g/mol. The molecule has 1 aliphatic carbocycles. The minimum Gasteiger partial charge on any atom is -0.361 e. The Kier molecular flexibility index (Phi) is 8.73. The van der Waals surface area contributed by atoms with Crippen LogP contribution in [0.15, 0.2) is 54.7 Å². The van der Waals surface area contributed by atoms with Crippen molar-refractivity contribution in [2.24, 2.45) is 5.92 Å². The molecule has 2 aromatic carbocycles. The zero-order valence-corrected chi connectivity index (χ0v) is 23.1. The van der Waals surface area contributed by atoms with Crippen LogP contribution < -0.4 is 0 Å². The summed E-state index contributed by atoms with van der Waals surface area (Å²) in [5.74, 6) is 0.280. The summed E-state index contributed by atoms with van der Waals surface area (Å²) in [5, 5.41) is 1.20. The molecule has 1 fully saturated rings. The molecule has 198 valence electrons. The molecule has 2 amide bonds. The Morgan fingerprint density at radius 3 is 2.32 bits per heavy atom. The van der Waals surface area contributed by atoms with Crippen LogP contribution in [0.2, 0.25) is 0 Å². The highest BCUT2D eigenvalue weighted by Gasteiger charge is 2.29. The fraction of sp³-hybridized carbons (Fsp3) is 0.500. The summed E-state index contributed by atoms with van der Waals surface area (Å²) in [7, 11) is 0. The monoisotopic (exact) mass is 501 g/mol. The molecule has 4 rings (SSSR count). The maximum Gasteiger partial charge on any atom is 0.242 e. The van der Waals surface area contributed by atoms with E-state index in [4.69, 9.17) is 0 Å². The van der Waals surface area contributed by atoms with Crippen LogP contribution >= 0.6 is 0 Å². The predicted octanol–water partition coefficient (Wildman–Crippen LogP) is 6.47. The third kappa shape index (κ3) is 6.82. The molecule has 0 bridgehead atoms. The molecule has 1 heterocycles. The molecule has 1 saturated carbocycles. The van der Waals surface area contributed by atoms with E-state index >= 15 is 0 Å². The van der Waals surface area contributed by atoms with Crippen LogP contribution in [0.3, 0.4) is 0 Å². The van der Waals surface area contributed by atoms with Crippen LogP contribution in [0.1, 0.15) is 76.5 Å². The first kappa shape index (κ1) is 27.0. The minimum absolute atomic E-state index is 0.0273. The van der Waals surface area contributed by atoms with Gasteiger partial charge in [0.1, 0.15) is 0 Å². The molecule has 1 aromatic heterocycles. The van der Waals surface area contributed by atoms with Gasteiger partial charge in [-0.25, -0.2) is 0 Å². The number of amides is 2. The Morgan fingerprint density at radius 1 is 0.946 bits per heavy atom. The van der Waals surface area contributed by atoms with Crippen molar-refractivity contribution in [2.75, 3.05) is 19.6 Å². The van der Waals surface area contributed by atoms with Gasteiger partial charge in [0.15, 0.2) is 0 Å². The molecule has 5 heteroatoms. The molecular formula is C32H43N3O2. The second-order valence-corrected chi connectivity index (χ2v) is 11.6. The molecule has 3 aromatic rings. The van der Waals surface area contributed by atoms with Crippen molar-refractivity contribution in [2.45, 2.75) is 78.2 Å². The lowest BCUT2D eigenvalue weighted by atomic mass is 9.87. The Bertz CT molecular complexity index is 1180. The van der Waals surface area contributed by atoms with E-state index in [1.165, 1.54) is 16.5 Å². The Hall–Kier alpha value is -3.08. The summed E-state index contributed by atoms with van der Waals surface area (Å²) < 4.78 is 0. The Balaban J connectivity index is 1.52. The predicted molar refractivity (Wildman–Crippen MR) is 151 cm³/mol. The molecule has 0 spiro atoms. The first-order valence-electron chi connectivity index (χ1n) is 14.0. The lowest BCUT2D eigenvalue weighted by Gasteiger charge is -2.29. The maximum atomic E-state index is 13.7. The highest BCUT2D eigenvalue weighted by Crippen LogP contribution is 2.27. The first-order valence-corrected chi connectivity index (χ1v) is 14.0. The SMILES string of the molecule is CCCN(CC(=O)N(CCc1c[nH]c2ccccc12)Cc1ccc(C(C)(C)C)cc1)C(=O)C1CCCC1. The second-order valence-electron chi connectivity index (χ2n) is 11.6. The summed E-state index contributed by atoms with van der Waals surface area (Å²) in [6, 6.07) is 16.9. The molecule has 0 unspecified atom stereocenters. The number of H-pyrrole nitrogens is 1. The number of para-hydroxylation sites is 1. The van der Waals surface area contributed by atoms with E-state index in [-0.39, 0.29) is 29.7 Å². The fourth-order valence-electron chi connectivity index (χ4n) is 5.45. The largest absolute Gasteiger partial charge is 0.361 e. The zero-order chi connectivity index (χ0) is 26.4. The van der Waals surface area contributed by atoms with E-state index in [0.29, 0.717) is 19.6 Å². The topological polar surface area (TPSA) is 56.4 Å². The van der Waals surface area contributed by atoms with E-state index in [2.05, 4.69) is 81.3 Å². The summed E-state index contributed by atoms with van der Waals surface area (Å²) in [6.07, 6.45) is 7.82. The Morgan fingerprint density at radius 2 is 1.65 bits per heavy atom. The number of nitrogens with one attached hydrogen (secondary N) is 1. The van der Waals surface area contributed by atoms with Gasteiger partial charge in [0, 0.05) is 42.7 Å². The number of aromatic amines is 1. The maximum absolute atomic E-state index is 13.7.